The molecule has 1 heterocycles. The monoisotopic (exact) mass is 807 g/mol. The maximum atomic E-state index is 7.64. The van der Waals surface area contributed by atoms with Gasteiger partial charge in [-0.3, -0.25) is 10.4 Å². The molecule has 0 unspecified atom stereocenters. The van der Waals surface area contributed by atoms with Crippen molar-refractivity contribution in [3.05, 3.63) is 59.7 Å². The summed E-state index contributed by atoms with van der Waals surface area (Å²) in [5.74, 6) is -0.333. The Morgan fingerprint density at radius 2 is 1.24 bits per heavy atom. The van der Waals surface area contributed by atoms with Crippen molar-refractivity contribution in [2.24, 2.45) is 4.99 Å². The molecule has 0 saturated carbocycles. The molecule has 6 nitrogen and oxygen atoms in total. The summed E-state index contributed by atoms with van der Waals surface area (Å²) in [6.45, 7) is 5.37. The minimum Gasteiger partial charge on any atom is -0.497 e. The second-order valence-corrected chi connectivity index (χ2v) is 5.09. The summed E-state index contributed by atoms with van der Waals surface area (Å²) in [5.41, 5.74) is 11.3. The van der Waals surface area contributed by atoms with E-state index in [1.165, 1.54) is 18.2 Å². The van der Waals surface area contributed by atoms with Crippen LogP contribution in [-0.4, -0.2) is 41.1 Å². The maximum Gasteiger partial charge on any atom is 0.174 e. The summed E-state index contributed by atoms with van der Waals surface area (Å²) in [6, 6.07) is 16.1. The van der Waals surface area contributed by atoms with E-state index in [0.29, 0.717) is 0 Å². The third kappa shape index (κ3) is 32.5. The van der Waals surface area contributed by atoms with Crippen molar-refractivity contribution in [1.29, 1.82) is 5.41 Å². The number of rotatable bonds is 0. The van der Waals surface area contributed by atoms with Gasteiger partial charge in [-0.1, -0.05) is 58.7 Å². The molecule has 0 spiro atoms. The number of para-hydroxylation sites is 2. The molecule has 0 aromatic heterocycles. The fourth-order valence-corrected chi connectivity index (χ4v) is 1.88. The molecule has 0 saturated heterocycles. The van der Waals surface area contributed by atoms with Gasteiger partial charge >= 0.3 is 0 Å². The number of aliphatic imine (C=N–C) groups is 1. The van der Waals surface area contributed by atoms with E-state index in [1.807, 2.05) is 37.3 Å². The number of hydrogen-bond donors (Lipinski definition) is 5. The minimum absolute atomic E-state index is 0. The molecule has 1 aliphatic rings. The number of nitrogens with two attached hydrogens (primary N) is 1. The third-order valence-electron chi connectivity index (χ3n) is 2.94. The first-order chi connectivity index (χ1) is 12.4. The molecular weight excluding hydrogens is 763 g/mol. The number of aryl methyl sites for hydroxylation is 1. The van der Waals surface area contributed by atoms with Crippen molar-refractivity contribution in [2.45, 2.75) is 49.5 Å². The quantitative estimate of drug-likeness (QED) is 0.128. The number of aliphatic hydroxyl groups excluding tert-OH is 3. The zero-order valence-corrected chi connectivity index (χ0v) is 27.6. The van der Waals surface area contributed by atoms with E-state index in [4.69, 9.17) is 26.5 Å². The van der Waals surface area contributed by atoms with Crippen LogP contribution in [0.3, 0.4) is 0 Å². The van der Waals surface area contributed by atoms with Gasteiger partial charge in [0.05, 0.1) is 5.69 Å². The van der Waals surface area contributed by atoms with Crippen molar-refractivity contribution in [3.8, 4) is 0 Å². The first-order valence-corrected chi connectivity index (χ1v) is 7.97. The number of nitrogens with one attached hydrogen (secondary N) is 1. The van der Waals surface area contributed by atoms with Gasteiger partial charge in [-0.05, 0) is 37.1 Å². The molecular formula is C23H44ClN3O3WY2. The Bertz CT molecular complexity index is 671. The van der Waals surface area contributed by atoms with E-state index in [0.717, 1.165) is 37.6 Å². The number of nitrogens with zero attached hydrogens (tertiary/aromatic N) is 1. The molecule has 188 valence electrons. The fourth-order valence-electron chi connectivity index (χ4n) is 1.88. The van der Waals surface area contributed by atoms with Crippen molar-refractivity contribution in [1.82, 2.24) is 0 Å². The summed E-state index contributed by atoms with van der Waals surface area (Å²) < 4.78 is 0. The molecule has 2 aromatic carbocycles. The van der Waals surface area contributed by atoms with Crippen LogP contribution in [0, 0.1) is 12.3 Å². The summed E-state index contributed by atoms with van der Waals surface area (Å²) in [5, 5.41) is 27.7. The summed E-state index contributed by atoms with van der Waals surface area (Å²) >= 11 is 0. The van der Waals surface area contributed by atoms with Crippen LogP contribution in [0.25, 0.3) is 0 Å². The molecule has 0 bridgehead atoms. The van der Waals surface area contributed by atoms with Crippen molar-refractivity contribution in [2.75, 3.05) is 20.0 Å². The maximum absolute atomic E-state index is 7.64. The molecule has 0 fully saturated rings. The molecule has 2 radical (unpaired) electrons. The van der Waals surface area contributed by atoms with Crippen LogP contribution in [0.15, 0.2) is 53.5 Å². The van der Waals surface area contributed by atoms with Crippen LogP contribution in [0.4, 0.5) is 11.4 Å². The SMILES string of the molecule is C.C.C.CC(=N)O.CC1=Nc2ccccc2C1.CO.CO.Cc1ccccc1N.Cl.[W].[Y].[Y]. The van der Waals surface area contributed by atoms with Crippen LogP contribution in [0.2, 0.25) is 0 Å². The standard InChI is InChI=1S/C9H9N.C7H9N.C2H5NO.2CH4O.3CH4.ClH.W.2Y/c1-7-6-8-4-2-3-5-9(8)10-7;1-6-4-2-3-5-7(6)8;1-2(3)4;2*1-2;;;;;;;/h2-5H,6H2,1H3;2-5H,8H2,1H3;1H3,(H2,3,4);2*2H,1H3;3*1H4;1H;;;. The third-order valence-corrected chi connectivity index (χ3v) is 2.94. The number of anilines is 1. The summed E-state index contributed by atoms with van der Waals surface area (Å²) in [4.78, 5) is 4.37. The summed E-state index contributed by atoms with van der Waals surface area (Å²) in [6.07, 6.45) is 1.04. The molecule has 3 rings (SSSR count). The summed E-state index contributed by atoms with van der Waals surface area (Å²) in [7, 11) is 2.00. The molecule has 2 aromatic rings. The van der Waals surface area contributed by atoms with Gasteiger partial charge < -0.3 is 21.1 Å². The van der Waals surface area contributed by atoms with E-state index in [9.17, 15) is 0 Å². The Kier molecular flexibility index (Phi) is 70.9. The number of nitrogen functional groups attached to an aromatic ring is 1. The fraction of sp³-hybridized carbons (Fsp3) is 0.391. The zero-order chi connectivity index (χ0) is 20.5. The van der Waals surface area contributed by atoms with Crippen LogP contribution in [0.1, 0.15) is 47.3 Å². The van der Waals surface area contributed by atoms with E-state index in [-0.39, 0.29) is 127 Å². The average Bonchev–Trinajstić information content (AvgIpc) is 3.01. The average molecular weight is 808 g/mol. The van der Waals surface area contributed by atoms with Gasteiger partial charge in [-0.15, -0.1) is 12.4 Å². The van der Waals surface area contributed by atoms with E-state index >= 15 is 0 Å². The molecule has 10 heteroatoms. The number of fused-ring (bicyclic) bond motifs is 1. The van der Waals surface area contributed by atoms with Crippen molar-refractivity contribution < 1.29 is 102 Å². The van der Waals surface area contributed by atoms with Gasteiger partial charge in [-0.25, -0.2) is 0 Å². The Hall–Kier alpha value is 0.486. The van der Waals surface area contributed by atoms with Crippen LogP contribution < -0.4 is 5.73 Å². The predicted octanol–water partition coefficient (Wildman–Crippen LogP) is 5.99. The largest absolute Gasteiger partial charge is 0.497 e. The van der Waals surface area contributed by atoms with E-state index in [1.54, 1.807) is 0 Å². The molecule has 6 N–H and O–H groups in total. The minimum atomic E-state index is -0.333. The number of halogens is 1. The Morgan fingerprint density at radius 3 is 1.58 bits per heavy atom. The van der Waals surface area contributed by atoms with Crippen LogP contribution in [-0.2, 0) is 92.9 Å². The molecule has 0 amide bonds. The van der Waals surface area contributed by atoms with Crippen molar-refractivity contribution >= 4 is 35.4 Å². The first-order valence-electron chi connectivity index (χ1n) is 7.97. The zero-order valence-electron chi connectivity index (χ0n) is 18.2. The van der Waals surface area contributed by atoms with Gasteiger partial charge in [0.15, 0.2) is 5.90 Å². The van der Waals surface area contributed by atoms with Gasteiger partial charge in [0.2, 0.25) is 0 Å². The van der Waals surface area contributed by atoms with Gasteiger partial charge in [0.1, 0.15) is 0 Å². The van der Waals surface area contributed by atoms with E-state index < -0.39 is 0 Å². The number of aliphatic hydroxyl groups is 3. The Balaban J connectivity index is -0.0000000331. The predicted molar refractivity (Wildman–Crippen MR) is 138 cm³/mol. The Morgan fingerprint density at radius 1 is 0.879 bits per heavy atom. The smallest absolute Gasteiger partial charge is 0.174 e. The van der Waals surface area contributed by atoms with Crippen LogP contribution in [0.5, 0.6) is 0 Å². The second-order valence-electron chi connectivity index (χ2n) is 5.09. The number of hydrogen-bond acceptors (Lipinski definition) is 5. The first kappa shape index (κ1) is 58.9. The van der Waals surface area contributed by atoms with E-state index in [2.05, 4.69) is 30.1 Å². The Labute approximate surface area is 273 Å². The van der Waals surface area contributed by atoms with Gasteiger partial charge in [0, 0.05) is 125 Å². The van der Waals surface area contributed by atoms with Gasteiger partial charge in [0.25, 0.3) is 0 Å². The van der Waals surface area contributed by atoms with Crippen molar-refractivity contribution in [3.63, 3.8) is 0 Å². The molecule has 0 atom stereocenters. The topological polar surface area (TPSA) is 123 Å². The molecule has 33 heavy (non-hydrogen) atoms. The van der Waals surface area contributed by atoms with Crippen LogP contribution >= 0.6 is 12.4 Å². The second kappa shape index (κ2) is 39.7. The van der Waals surface area contributed by atoms with Gasteiger partial charge in [-0.2, -0.15) is 0 Å². The molecule has 0 aliphatic carbocycles. The molecule has 1 aliphatic heterocycles. The number of benzene rings is 2. The normalized spacial score (nSPS) is 7.79.